The molecule has 1 N–H and O–H groups in total. The van der Waals surface area contributed by atoms with Crippen molar-refractivity contribution in [3.63, 3.8) is 0 Å². The predicted molar refractivity (Wildman–Crippen MR) is 83.5 cm³/mol. The number of thioether (sulfide) groups is 1. The van der Waals surface area contributed by atoms with Gasteiger partial charge in [0.25, 0.3) is 0 Å². The van der Waals surface area contributed by atoms with Crippen molar-refractivity contribution in [3.05, 3.63) is 53.8 Å². The lowest BCUT2D eigenvalue weighted by molar-refractivity contribution is -0.113. The zero-order valence-electron chi connectivity index (χ0n) is 11.9. The van der Waals surface area contributed by atoms with Crippen LogP contribution in [-0.2, 0) is 4.79 Å². The molecule has 0 radical (unpaired) electrons. The number of anilines is 1. The fourth-order valence-electron chi connectivity index (χ4n) is 1.77. The quantitative estimate of drug-likeness (QED) is 0.852. The third-order valence-corrected chi connectivity index (χ3v) is 3.90. The Morgan fingerprint density at radius 1 is 1.24 bits per heavy atom. The van der Waals surface area contributed by atoms with E-state index >= 15 is 0 Å². The topological polar surface area (TPSA) is 38.3 Å². The number of benzene rings is 2. The molecule has 0 aliphatic heterocycles. The van der Waals surface area contributed by atoms with Crippen LogP contribution < -0.4 is 10.1 Å². The molecule has 0 aliphatic rings. The Morgan fingerprint density at radius 2 is 1.95 bits per heavy atom. The van der Waals surface area contributed by atoms with Gasteiger partial charge in [0.2, 0.25) is 5.91 Å². The lowest BCUT2D eigenvalue weighted by Gasteiger charge is -2.08. The van der Waals surface area contributed by atoms with Crippen molar-refractivity contribution in [1.82, 2.24) is 0 Å². The number of hydrogen-bond donors (Lipinski definition) is 1. The predicted octanol–water partition coefficient (Wildman–Crippen LogP) is 3.87. The zero-order valence-corrected chi connectivity index (χ0v) is 12.7. The first-order chi connectivity index (χ1) is 10.1. The largest absolute Gasteiger partial charge is 0.497 e. The summed E-state index contributed by atoms with van der Waals surface area (Å²) >= 11 is 1.43. The van der Waals surface area contributed by atoms with Gasteiger partial charge in [-0.25, -0.2) is 4.39 Å². The molecule has 0 saturated heterocycles. The molecule has 2 aromatic carbocycles. The Labute approximate surface area is 127 Å². The van der Waals surface area contributed by atoms with Gasteiger partial charge in [-0.3, -0.25) is 4.79 Å². The van der Waals surface area contributed by atoms with Crippen molar-refractivity contribution in [1.29, 1.82) is 0 Å². The molecule has 0 aliphatic carbocycles. The van der Waals surface area contributed by atoms with Gasteiger partial charge < -0.3 is 10.1 Å². The maximum Gasteiger partial charge on any atom is 0.234 e. The minimum absolute atomic E-state index is 0.120. The van der Waals surface area contributed by atoms with Gasteiger partial charge in [0.15, 0.2) is 0 Å². The van der Waals surface area contributed by atoms with E-state index in [4.69, 9.17) is 4.74 Å². The Morgan fingerprint density at radius 3 is 2.57 bits per heavy atom. The summed E-state index contributed by atoms with van der Waals surface area (Å²) < 4.78 is 18.1. The number of amides is 1. The summed E-state index contributed by atoms with van der Waals surface area (Å²) in [5, 5.41) is 2.78. The summed E-state index contributed by atoms with van der Waals surface area (Å²) in [7, 11) is 1.61. The van der Waals surface area contributed by atoms with E-state index < -0.39 is 0 Å². The molecule has 5 heteroatoms. The Bertz CT molecular complexity index is 629. The average molecular weight is 305 g/mol. The lowest BCUT2D eigenvalue weighted by Crippen LogP contribution is -2.14. The lowest BCUT2D eigenvalue weighted by atomic mass is 10.2. The van der Waals surface area contributed by atoms with Gasteiger partial charge in [0.1, 0.15) is 11.6 Å². The summed E-state index contributed by atoms with van der Waals surface area (Å²) in [4.78, 5) is 12.9. The van der Waals surface area contributed by atoms with Crippen LogP contribution in [0.25, 0.3) is 0 Å². The molecule has 0 bridgehead atoms. The normalized spacial score (nSPS) is 10.2. The van der Waals surface area contributed by atoms with Gasteiger partial charge in [-0.05, 0) is 55.0 Å². The average Bonchev–Trinajstić information content (AvgIpc) is 2.48. The van der Waals surface area contributed by atoms with Crippen molar-refractivity contribution in [2.45, 2.75) is 11.8 Å². The van der Waals surface area contributed by atoms with Crippen LogP contribution in [0.4, 0.5) is 10.1 Å². The fourth-order valence-corrected chi connectivity index (χ4v) is 2.47. The third-order valence-electron chi connectivity index (χ3n) is 2.89. The summed E-state index contributed by atoms with van der Waals surface area (Å²) in [6, 6.07) is 11.8. The Hall–Kier alpha value is -2.01. The van der Waals surface area contributed by atoms with Crippen LogP contribution in [0.15, 0.2) is 47.4 Å². The molecule has 0 heterocycles. The van der Waals surface area contributed by atoms with E-state index in [1.54, 1.807) is 20.1 Å². The molecular formula is C16H16FNO2S. The van der Waals surface area contributed by atoms with E-state index in [1.165, 1.54) is 23.9 Å². The highest BCUT2D eigenvalue weighted by molar-refractivity contribution is 8.00. The third kappa shape index (κ3) is 4.49. The van der Waals surface area contributed by atoms with Crippen molar-refractivity contribution in [2.24, 2.45) is 0 Å². The minimum Gasteiger partial charge on any atom is -0.497 e. The molecule has 3 nitrogen and oxygen atoms in total. The molecule has 0 aromatic heterocycles. The first-order valence-electron chi connectivity index (χ1n) is 6.41. The number of methoxy groups -OCH3 is 1. The second-order valence-corrected chi connectivity index (χ2v) is 5.52. The summed E-state index contributed by atoms with van der Waals surface area (Å²) in [6.07, 6.45) is 0. The van der Waals surface area contributed by atoms with Crippen molar-refractivity contribution in [3.8, 4) is 5.75 Å². The first-order valence-corrected chi connectivity index (χ1v) is 7.40. The van der Waals surface area contributed by atoms with E-state index in [0.29, 0.717) is 17.0 Å². The van der Waals surface area contributed by atoms with Gasteiger partial charge in [0, 0.05) is 10.6 Å². The zero-order chi connectivity index (χ0) is 15.2. The first kappa shape index (κ1) is 15.4. The molecule has 21 heavy (non-hydrogen) atoms. The van der Waals surface area contributed by atoms with Crippen molar-refractivity contribution in [2.75, 3.05) is 18.2 Å². The molecule has 2 rings (SSSR count). The Balaban J connectivity index is 1.89. The second kappa shape index (κ2) is 7.13. The maximum absolute atomic E-state index is 13.0. The number of carbonyl (C=O) groups is 1. The van der Waals surface area contributed by atoms with Crippen LogP contribution in [0.3, 0.4) is 0 Å². The highest BCUT2D eigenvalue weighted by atomic mass is 32.2. The number of carbonyl (C=O) groups excluding carboxylic acids is 1. The van der Waals surface area contributed by atoms with E-state index in [1.807, 2.05) is 24.3 Å². The van der Waals surface area contributed by atoms with Gasteiger partial charge in [-0.15, -0.1) is 11.8 Å². The second-order valence-electron chi connectivity index (χ2n) is 4.47. The Kier molecular flexibility index (Phi) is 5.22. The molecule has 0 saturated carbocycles. The van der Waals surface area contributed by atoms with Crippen LogP contribution >= 0.6 is 11.8 Å². The molecule has 0 atom stereocenters. The summed E-state index contributed by atoms with van der Waals surface area (Å²) in [5.74, 6) is 0.651. The van der Waals surface area contributed by atoms with Crippen LogP contribution in [-0.4, -0.2) is 18.8 Å². The monoisotopic (exact) mass is 305 g/mol. The van der Waals surface area contributed by atoms with Gasteiger partial charge in [-0.1, -0.05) is 0 Å². The molecule has 2 aromatic rings. The van der Waals surface area contributed by atoms with E-state index in [0.717, 1.165) is 10.6 Å². The SMILES string of the molecule is COc1ccc(SCC(=O)Nc2ccc(F)cc2C)cc1. The molecule has 110 valence electrons. The number of ether oxygens (including phenoxy) is 1. The van der Waals surface area contributed by atoms with Gasteiger partial charge in [-0.2, -0.15) is 0 Å². The maximum atomic E-state index is 13.0. The summed E-state index contributed by atoms with van der Waals surface area (Å²) in [6.45, 7) is 1.76. The number of rotatable bonds is 5. The molecule has 0 unspecified atom stereocenters. The smallest absolute Gasteiger partial charge is 0.234 e. The number of halogens is 1. The van der Waals surface area contributed by atoms with Crippen LogP contribution in [0, 0.1) is 12.7 Å². The fraction of sp³-hybridized carbons (Fsp3) is 0.188. The highest BCUT2D eigenvalue weighted by Gasteiger charge is 2.06. The van der Waals surface area contributed by atoms with Crippen LogP contribution in [0.5, 0.6) is 5.75 Å². The van der Waals surface area contributed by atoms with E-state index in [9.17, 15) is 9.18 Å². The number of hydrogen-bond acceptors (Lipinski definition) is 3. The highest BCUT2D eigenvalue weighted by Crippen LogP contribution is 2.22. The molecule has 1 amide bonds. The number of aryl methyl sites for hydroxylation is 1. The van der Waals surface area contributed by atoms with Crippen molar-refractivity contribution >= 4 is 23.4 Å². The number of nitrogens with one attached hydrogen (secondary N) is 1. The summed E-state index contributed by atoms with van der Waals surface area (Å²) in [5.41, 5.74) is 1.34. The van der Waals surface area contributed by atoms with Gasteiger partial charge >= 0.3 is 0 Å². The van der Waals surface area contributed by atoms with Crippen LogP contribution in [0.2, 0.25) is 0 Å². The standard InChI is InChI=1S/C16H16FNO2S/c1-11-9-12(17)3-8-15(11)18-16(19)10-21-14-6-4-13(20-2)5-7-14/h3-9H,10H2,1-2H3,(H,18,19). The van der Waals surface area contributed by atoms with Crippen LogP contribution in [0.1, 0.15) is 5.56 Å². The molecule has 0 spiro atoms. The molecule has 0 fully saturated rings. The molecular weight excluding hydrogens is 289 g/mol. The van der Waals surface area contributed by atoms with Crippen molar-refractivity contribution < 1.29 is 13.9 Å². The van der Waals surface area contributed by atoms with E-state index in [2.05, 4.69) is 5.32 Å². The minimum atomic E-state index is -0.307. The van der Waals surface area contributed by atoms with Gasteiger partial charge in [0.05, 0.1) is 12.9 Å². The van der Waals surface area contributed by atoms with E-state index in [-0.39, 0.29) is 11.7 Å².